The van der Waals surface area contributed by atoms with E-state index in [9.17, 15) is 0 Å². The molecule has 1 saturated carbocycles. The van der Waals surface area contributed by atoms with E-state index in [4.69, 9.17) is 9.47 Å². The van der Waals surface area contributed by atoms with Gasteiger partial charge in [-0.25, -0.2) is 0 Å². The van der Waals surface area contributed by atoms with E-state index in [1.807, 2.05) is 0 Å². The number of hydrogen-bond donors (Lipinski definition) is 1. The normalized spacial score (nSPS) is 23.5. The van der Waals surface area contributed by atoms with Gasteiger partial charge in [0.2, 0.25) is 17.7 Å². The van der Waals surface area contributed by atoms with Crippen LogP contribution in [0.2, 0.25) is 0 Å². The van der Waals surface area contributed by atoms with Crippen molar-refractivity contribution in [3.63, 3.8) is 0 Å². The summed E-state index contributed by atoms with van der Waals surface area (Å²) in [5.41, 5.74) is 0. The smallest absolute Gasteiger partial charge is 0.229 e. The molecule has 0 radical (unpaired) electrons. The first-order valence-corrected chi connectivity index (χ1v) is 6.96. The largest absolute Gasteiger partial charge is 0.481 e. The van der Waals surface area contributed by atoms with E-state index in [1.54, 1.807) is 20.3 Å². The van der Waals surface area contributed by atoms with Gasteiger partial charge in [-0.05, 0) is 18.8 Å². The molecule has 1 aliphatic carbocycles. The van der Waals surface area contributed by atoms with Gasteiger partial charge in [0.1, 0.15) is 0 Å². The van der Waals surface area contributed by atoms with Crippen molar-refractivity contribution in [1.82, 2.24) is 9.97 Å². The molecule has 0 spiro atoms. The summed E-state index contributed by atoms with van der Waals surface area (Å²) in [6.07, 6.45) is 6.35. The van der Waals surface area contributed by atoms with Gasteiger partial charge < -0.3 is 14.8 Å². The van der Waals surface area contributed by atoms with E-state index in [2.05, 4.69) is 22.2 Å². The van der Waals surface area contributed by atoms with Crippen LogP contribution in [0.25, 0.3) is 0 Å². The first kappa shape index (κ1) is 13.9. The Morgan fingerprint density at radius 1 is 1.05 bits per heavy atom. The monoisotopic (exact) mass is 265 g/mol. The molecule has 0 saturated heterocycles. The Morgan fingerprint density at radius 3 is 2.32 bits per heavy atom. The number of nitrogens with zero attached hydrogens (tertiary/aromatic N) is 2. The Labute approximate surface area is 114 Å². The van der Waals surface area contributed by atoms with Crippen molar-refractivity contribution >= 4 is 5.95 Å². The number of anilines is 1. The van der Waals surface area contributed by atoms with Crippen molar-refractivity contribution < 1.29 is 9.47 Å². The quantitative estimate of drug-likeness (QED) is 0.848. The van der Waals surface area contributed by atoms with Gasteiger partial charge in [-0.1, -0.05) is 26.2 Å². The zero-order valence-electron chi connectivity index (χ0n) is 12.0. The first-order valence-electron chi connectivity index (χ1n) is 6.96. The maximum Gasteiger partial charge on any atom is 0.229 e. The van der Waals surface area contributed by atoms with Crippen LogP contribution in [0.3, 0.4) is 0 Å². The molecule has 1 aliphatic rings. The third-order valence-corrected chi connectivity index (χ3v) is 3.77. The van der Waals surface area contributed by atoms with Crippen molar-refractivity contribution in [2.24, 2.45) is 5.92 Å². The van der Waals surface area contributed by atoms with Gasteiger partial charge in [-0.3, -0.25) is 0 Å². The molecule has 5 nitrogen and oxygen atoms in total. The SMILES string of the molecule is COc1cc(OC)nc(NC2CCCCCC2C)n1. The number of hydrogen-bond acceptors (Lipinski definition) is 5. The van der Waals surface area contributed by atoms with Crippen LogP contribution in [0.1, 0.15) is 39.0 Å². The highest BCUT2D eigenvalue weighted by Crippen LogP contribution is 2.26. The van der Waals surface area contributed by atoms with Crippen LogP contribution in [-0.4, -0.2) is 30.2 Å². The minimum Gasteiger partial charge on any atom is -0.481 e. The van der Waals surface area contributed by atoms with Crippen molar-refractivity contribution in [3.05, 3.63) is 6.07 Å². The van der Waals surface area contributed by atoms with Crippen LogP contribution in [0, 0.1) is 5.92 Å². The van der Waals surface area contributed by atoms with Crippen molar-refractivity contribution in [3.8, 4) is 11.8 Å². The van der Waals surface area contributed by atoms with Crippen LogP contribution < -0.4 is 14.8 Å². The Bertz CT molecular complexity index is 389. The molecule has 1 heterocycles. The maximum atomic E-state index is 5.17. The zero-order chi connectivity index (χ0) is 13.7. The molecule has 0 aromatic carbocycles. The van der Waals surface area contributed by atoms with E-state index < -0.39 is 0 Å². The topological polar surface area (TPSA) is 56.3 Å². The van der Waals surface area contributed by atoms with E-state index in [0.717, 1.165) is 0 Å². The van der Waals surface area contributed by atoms with Crippen LogP contribution in [-0.2, 0) is 0 Å². The lowest BCUT2D eigenvalue weighted by Crippen LogP contribution is -2.27. The van der Waals surface area contributed by atoms with Crippen molar-refractivity contribution in [2.75, 3.05) is 19.5 Å². The number of rotatable bonds is 4. The second-order valence-corrected chi connectivity index (χ2v) is 5.14. The lowest BCUT2D eigenvalue weighted by atomic mass is 9.97. The summed E-state index contributed by atoms with van der Waals surface area (Å²) in [6.45, 7) is 2.29. The zero-order valence-corrected chi connectivity index (χ0v) is 12.0. The van der Waals surface area contributed by atoms with Crippen molar-refractivity contribution in [1.29, 1.82) is 0 Å². The minimum absolute atomic E-state index is 0.430. The highest BCUT2D eigenvalue weighted by molar-refractivity contribution is 5.34. The number of ether oxygens (including phenoxy) is 2. The summed E-state index contributed by atoms with van der Waals surface area (Å²) in [5, 5.41) is 3.44. The van der Waals surface area contributed by atoms with Gasteiger partial charge >= 0.3 is 0 Å². The molecule has 1 N–H and O–H groups in total. The summed E-state index contributed by atoms with van der Waals surface area (Å²) in [5.74, 6) is 2.28. The Balaban J connectivity index is 2.12. The molecule has 2 unspecified atom stereocenters. The predicted molar refractivity (Wildman–Crippen MR) is 74.8 cm³/mol. The molecular weight excluding hydrogens is 242 g/mol. The fourth-order valence-electron chi connectivity index (χ4n) is 2.55. The summed E-state index contributed by atoms with van der Waals surface area (Å²) in [4.78, 5) is 8.67. The highest BCUT2D eigenvalue weighted by Gasteiger charge is 2.21. The molecule has 0 bridgehead atoms. The molecule has 1 aromatic rings. The Hall–Kier alpha value is -1.52. The molecule has 0 amide bonds. The van der Waals surface area contributed by atoms with Gasteiger partial charge in [0.05, 0.1) is 20.3 Å². The van der Waals surface area contributed by atoms with Crippen LogP contribution in [0.15, 0.2) is 6.07 Å². The number of aromatic nitrogens is 2. The average Bonchev–Trinajstić information content (AvgIpc) is 2.63. The molecule has 5 heteroatoms. The van der Waals surface area contributed by atoms with E-state index in [-0.39, 0.29) is 0 Å². The Morgan fingerprint density at radius 2 is 1.68 bits per heavy atom. The third kappa shape index (κ3) is 3.72. The molecule has 106 valence electrons. The number of methoxy groups -OCH3 is 2. The predicted octanol–water partition coefficient (Wildman–Crippen LogP) is 2.87. The third-order valence-electron chi connectivity index (χ3n) is 3.77. The lowest BCUT2D eigenvalue weighted by molar-refractivity contribution is 0.371. The average molecular weight is 265 g/mol. The molecule has 2 rings (SSSR count). The standard InChI is InChI=1S/C14H23N3O2/c1-10-7-5-4-6-8-11(10)15-14-16-12(18-2)9-13(17-14)19-3/h9-11H,4-8H2,1-3H3,(H,15,16,17). The number of nitrogens with one attached hydrogen (secondary N) is 1. The molecule has 1 aromatic heterocycles. The lowest BCUT2D eigenvalue weighted by Gasteiger charge is -2.23. The van der Waals surface area contributed by atoms with Gasteiger partial charge in [0, 0.05) is 6.04 Å². The van der Waals surface area contributed by atoms with Crippen molar-refractivity contribution in [2.45, 2.75) is 45.1 Å². The van der Waals surface area contributed by atoms with Crippen LogP contribution >= 0.6 is 0 Å². The van der Waals surface area contributed by atoms with Crippen LogP contribution in [0.4, 0.5) is 5.95 Å². The van der Waals surface area contributed by atoms with Gasteiger partial charge in [-0.2, -0.15) is 9.97 Å². The Kier molecular flexibility index (Phi) is 4.82. The van der Waals surface area contributed by atoms with E-state index in [0.29, 0.717) is 29.7 Å². The van der Waals surface area contributed by atoms with Gasteiger partial charge in [-0.15, -0.1) is 0 Å². The van der Waals surface area contributed by atoms with Gasteiger partial charge in [0.15, 0.2) is 0 Å². The fourth-order valence-corrected chi connectivity index (χ4v) is 2.55. The first-order chi connectivity index (χ1) is 9.22. The fraction of sp³-hybridized carbons (Fsp3) is 0.714. The summed E-state index contributed by atoms with van der Waals surface area (Å²) >= 11 is 0. The van der Waals surface area contributed by atoms with E-state index >= 15 is 0 Å². The molecule has 2 atom stereocenters. The molecule has 0 aliphatic heterocycles. The van der Waals surface area contributed by atoms with E-state index in [1.165, 1.54) is 32.1 Å². The minimum atomic E-state index is 0.430. The summed E-state index contributed by atoms with van der Waals surface area (Å²) < 4.78 is 10.3. The molecule has 19 heavy (non-hydrogen) atoms. The maximum absolute atomic E-state index is 5.17. The highest BCUT2D eigenvalue weighted by atomic mass is 16.5. The second kappa shape index (κ2) is 6.59. The second-order valence-electron chi connectivity index (χ2n) is 5.14. The molecular formula is C14H23N3O2. The van der Waals surface area contributed by atoms with Gasteiger partial charge in [0.25, 0.3) is 0 Å². The summed E-state index contributed by atoms with van der Waals surface area (Å²) in [6, 6.07) is 2.11. The molecule has 1 fully saturated rings. The summed E-state index contributed by atoms with van der Waals surface area (Å²) in [7, 11) is 3.19. The van der Waals surface area contributed by atoms with Crippen LogP contribution in [0.5, 0.6) is 11.8 Å².